The zero-order valence-corrected chi connectivity index (χ0v) is 11.6. The van der Waals surface area contributed by atoms with E-state index in [0.717, 1.165) is 12.3 Å². The van der Waals surface area contributed by atoms with Crippen molar-refractivity contribution < 1.29 is 4.79 Å². The van der Waals surface area contributed by atoms with Crippen molar-refractivity contribution in [2.24, 2.45) is 11.8 Å². The second-order valence-electron chi connectivity index (χ2n) is 6.02. The Hall–Kier alpha value is -0.570. The van der Waals surface area contributed by atoms with Gasteiger partial charge in [-0.15, -0.1) is 0 Å². The maximum absolute atomic E-state index is 12.5. The summed E-state index contributed by atoms with van der Waals surface area (Å²) in [6.07, 6.45) is 4.92. The first kappa shape index (κ1) is 12.9. The normalized spacial score (nSPS) is 40.0. The van der Waals surface area contributed by atoms with Crippen molar-refractivity contribution in [2.45, 2.75) is 71.6 Å². The Morgan fingerprint density at radius 2 is 2.12 bits per heavy atom. The molecule has 0 aromatic carbocycles. The van der Waals surface area contributed by atoms with Crippen molar-refractivity contribution in [3.63, 3.8) is 0 Å². The molecule has 0 spiro atoms. The molecule has 1 saturated carbocycles. The van der Waals surface area contributed by atoms with Crippen LogP contribution in [-0.4, -0.2) is 29.1 Å². The molecule has 0 aromatic rings. The fourth-order valence-corrected chi connectivity index (χ4v) is 3.33. The number of carbonyl (C=O) groups is 1. The minimum Gasteiger partial charge on any atom is -0.323 e. The van der Waals surface area contributed by atoms with Gasteiger partial charge >= 0.3 is 0 Å². The predicted molar refractivity (Wildman–Crippen MR) is 69.5 cm³/mol. The second-order valence-corrected chi connectivity index (χ2v) is 6.02. The molecule has 3 heteroatoms. The highest BCUT2D eigenvalue weighted by Crippen LogP contribution is 2.32. The summed E-state index contributed by atoms with van der Waals surface area (Å²) in [6, 6.07) is 0.528. The molecular formula is C14H26N2O. The molecule has 5 atom stereocenters. The average molecular weight is 238 g/mol. The van der Waals surface area contributed by atoms with E-state index in [9.17, 15) is 4.79 Å². The molecule has 98 valence electrons. The first-order valence-corrected chi connectivity index (χ1v) is 7.12. The van der Waals surface area contributed by atoms with Gasteiger partial charge in [0.15, 0.2) is 0 Å². The van der Waals surface area contributed by atoms with Gasteiger partial charge in [0.25, 0.3) is 0 Å². The van der Waals surface area contributed by atoms with Crippen molar-refractivity contribution >= 4 is 5.91 Å². The van der Waals surface area contributed by atoms with Crippen LogP contribution in [0.3, 0.4) is 0 Å². The first-order valence-electron chi connectivity index (χ1n) is 7.12. The third kappa shape index (κ3) is 2.35. The van der Waals surface area contributed by atoms with E-state index in [2.05, 4.69) is 37.9 Å². The Bertz CT molecular complexity index is 292. The van der Waals surface area contributed by atoms with Crippen LogP contribution in [-0.2, 0) is 4.79 Å². The van der Waals surface area contributed by atoms with Gasteiger partial charge in [-0.1, -0.05) is 27.2 Å². The SMILES string of the molecule is CCC(C)C1NC(C)N(C2CCC(C)C2)C1=O. The summed E-state index contributed by atoms with van der Waals surface area (Å²) in [5.74, 6) is 1.56. The average Bonchev–Trinajstić information content (AvgIpc) is 2.82. The fraction of sp³-hybridized carbons (Fsp3) is 0.929. The zero-order valence-electron chi connectivity index (χ0n) is 11.6. The van der Waals surface area contributed by atoms with Gasteiger partial charge in [0.1, 0.15) is 0 Å². The van der Waals surface area contributed by atoms with Crippen molar-refractivity contribution in [1.29, 1.82) is 0 Å². The van der Waals surface area contributed by atoms with Crippen LogP contribution in [0.4, 0.5) is 0 Å². The molecule has 5 unspecified atom stereocenters. The number of rotatable bonds is 3. The molecule has 3 nitrogen and oxygen atoms in total. The van der Waals surface area contributed by atoms with E-state index < -0.39 is 0 Å². The molecular weight excluding hydrogens is 212 g/mol. The lowest BCUT2D eigenvalue weighted by molar-refractivity contribution is -0.132. The van der Waals surface area contributed by atoms with E-state index in [1.54, 1.807) is 0 Å². The van der Waals surface area contributed by atoms with Crippen LogP contribution < -0.4 is 5.32 Å². The van der Waals surface area contributed by atoms with Crippen LogP contribution in [0.1, 0.15) is 53.4 Å². The number of carbonyl (C=O) groups excluding carboxylic acids is 1. The Labute approximate surface area is 105 Å². The third-order valence-corrected chi connectivity index (χ3v) is 4.63. The van der Waals surface area contributed by atoms with E-state index in [4.69, 9.17) is 0 Å². The summed E-state index contributed by atoms with van der Waals surface area (Å²) >= 11 is 0. The van der Waals surface area contributed by atoms with Crippen LogP contribution in [0.2, 0.25) is 0 Å². The summed E-state index contributed by atoms with van der Waals surface area (Å²) in [5.41, 5.74) is 0. The Morgan fingerprint density at radius 1 is 1.41 bits per heavy atom. The lowest BCUT2D eigenvalue weighted by Crippen LogP contribution is -2.42. The Balaban J connectivity index is 2.06. The minimum absolute atomic E-state index is 0.0471. The molecule has 0 bridgehead atoms. The predicted octanol–water partition coefficient (Wildman–Crippen LogP) is 2.37. The maximum atomic E-state index is 12.5. The molecule has 1 aliphatic heterocycles. The molecule has 2 aliphatic rings. The van der Waals surface area contributed by atoms with Crippen LogP contribution in [0, 0.1) is 11.8 Å². The van der Waals surface area contributed by atoms with Crippen molar-refractivity contribution in [3.05, 3.63) is 0 Å². The van der Waals surface area contributed by atoms with Gasteiger partial charge in [0.05, 0.1) is 12.2 Å². The fourth-order valence-electron chi connectivity index (χ4n) is 3.33. The van der Waals surface area contributed by atoms with Crippen LogP contribution in [0.15, 0.2) is 0 Å². The number of hydrogen-bond donors (Lipinski definition) is 1. The molecule has 1 heterocycles. The smallest absolute Gasteiger partial charge is 0.241 e. The van der Waals surface area contributed by atoms with Gasteiger partial charge in [-0.05, 0) is 38.0 Å². The first-order chi connectivity index (χ1) is 8.04. The van der Waals surface area contributed by atoms with Crippen molar-refractivity contribution in [2.75, 3.05) is 0 Å². The quantitative estimate of drug-likeness (QED) is 0.818. The van der Waals surface area contributed by atoms with Crippen molar-refractivity contribution in [3.8, 4) is 0 Å². The number of hydrogen-bond acceptors (Lipinski definition) is 2. The minimum atomic E-state index is 0.0471. The molecule has 0 radical (unpaired) electrons. The third-order valence-electron chi connectivity index (χ3n) is 4.63. The Kier molecular flexibility index (Phi) is 3.76. The largest absolute Gasteiger partial charge is 0.323 e. The van der Waals surface area contributed by atoms with Gasteiger partial charge < -0.3 is 4.90 Å². The van der Waals surface area contributed by atoms with E-state index in [1.165, 1.54) is 19.3 Å². The second kappa shape index (κ2) is 4.97. The number of amides is 1. The zero-order chi connectivity index (χ0) is 12.6. The molecule has 0 aromatic heterocycles. The Morgan fingerprint density at radius 3 is 2.65 bits per heavy atom. The molecule has 1 N–H and O–H groups in total. The summed E-state index contributed by atoms with van der Waals surface area (Å²) in [4.78, 5) is 14.6. The summed E-state index contributed by atoms with van der Waals surface area (Å²) in [7, 11) is 0. The van der Waals surface area contributed by atoms with Crippen LogP contribution in [0.5, 0.6) is 0 Å². The lowest BCUT2D eigenvalue weighted by atomic mass is 9.99. The van der Waals surface area contributed by atoms with Crippen molar-refractivity contribution in [1.82, 2.24) is 10.2 Å². The molecule has 2 fully saturated rings. The van der Waals surface area contributed by atoms with E-state index >= 15 is 0 Å². The highest BCUT2D eigenvalue weighted by molar-refractivity contribution is 5.85. The summed E-state index contributed by atoms with van der Waals surface area (Å²) in [5, 5.41) is 3.47. The summed E-state index contributed by atoms with van der Waals surface area (Å²) in [6.45, 7) is 8.75. The van der Waals surface area contributed by atoms with Gasteiger partial charge in [-0.2, -0.15) is 0 Å². The standard InChI is InChI=1S/C14H26N2O/c1-5-10(3)13-14(17)16(11(4)15-13)12-7-6-9(2)8-12/h9-13,15H,5-8H2,1-4H3. The lowest BCUT2D eigenvalue weighted by Gasteiger charge is -2.28. The van der Waals surface area contributed by atoms with Gasteiger partial charge in [-0.25, -0.2) is 0 Å². The molecule has 1 aliphatic carbocycles. The summed E-state index contributed by atoms with van der Waals surface area (Å²) < 4.78 is 0. The number of nitrogens with zero attached hydrogens (tertiary/aromatic N) is 1. The number of nitrogens with one attached hydrogen (secondary N) is 1. The monoisotopic (exact) mass is 238 g/mol. The van der Waals surface area contributed by atoms with Gasteiger partial charge in [0.2, 0.25) is 5.91 Å². The maximum Gasteiger partial charge on any atom is 0.241 e. The van der Waals surface area contributed by atoms with Crippen LogP contribution in [0.25, 0.3) is 0 Å². The highest BCUT2D eigenvalue weighted by Gasteiger charge is 2.43. The molecule has 2 rings (SSSR count). The molecule has 1 saturated heterocycles. The van der Waals surface area contributed by atoms with Gasteiger partial charge in [-0.3, -0.25) is 10.1 Å². The van der Waals surface area contributed by atoms with E-state index in [1.807, 2.05) is 0 Å². The van der Waals surface area contributed by atoms with E-state index in [-0.39, 0.29) is 12.2 Å². The van der Waals surface area contributed by atoms with Crippen LogP contribution >= 0.6 is 0 Å². The van der Waals surface area contributed by atoms with Gasteiger partial charge in [0, 0.05) is 6.04 Å². The topological polar surface area (TPSA) is 32.3 Å². The molecule has 1 amide bonds. The molecule has 17 heavy (non-hydrogen) atoms. The van der Waals surface area contributed by atoms with E-state index in [0.29, 0.717) is 17.9 Å². The highest BCUT2D eigenvalue weighted by atomic mass is 16.2.